The van der Waals surface area contributed by atoms with Gasteiger partial charge in [-0.25, -0.2) is 4.98 Å². The standard InChI is InChI=1S/C24H25N3O2/c28-24(23-14-11-21(17-25-23)27-15-5-2-6-16-27)26-20-9-12-22(13-10-20)29-18-19-7-3-1-4-8-19/h1,3-4,7-14,17H,2,5-6,15-16,18H2,(H,26,28). The maximum Gasteiger partial charge on any atom is 0.274 e. The van der Waals surface area contributed by atoms with Gasteiger partial charge in [-0.3, -0.25) is 4.79 Å². The van der Waals surface area contributed by atoms with E-state index in [1.54, 1.807) is 12.3 Å². The lowest BCUT2D eigenvalue weighted by Crippen LogP contribution is -2.29. The Labute approximate surface area is 171 Å². The number of hydrogen-bond donors (Lipinski definition) is 1. The third-order valence-electron chi connectivity index (χ3n) is 5.06. The van der Waals surface area contributed by atoms with Crippen molar-refractivity contribution in [1.82, 2.24) is 4.98 Å². The largest absolute Gasteiger partial charge is 0.489 e. The molecule has 5 heteroatoms. The van der Waals surface area contributed by atoms with E-state index in [0.29, 0.717) is 18.0 Å². The molecule has 1 saturated heterocycles. The van der Waals surface area contributed by atoms with Crippen molar-refractivity contribution in [2.75, 3.05) is 23.3 Å². The molecule has 1 aliphatic heterocycles. The van der Waals surface area contributed by atoms with Crippen molar-refractivity contribution in [2.24, 2.45) is 0 Å². The molecule has 0 radical (unpaired) electrons. The topological polar surface area (TPSA) is 54.5 Å². The smallest absolute Gasteiger partial charge is 0.274 e. The molecule has 2 aromatic carbocycles. The van der Waals surface area contributed by atoms with Crippen molar-refractivity contribution in [3.8, 4) is 5.75 Å². The second kappa shape index (κ2) is 9.24. The van der Waals surface area contributed by atoms with E-state index in [1.807, 2.05) is 60.7 Å². The van der Waals surface area contributed by atoms with Crippen molar-refractivity contribution in [2.45, 2.75) is 25.9 Å². The third-order valence-corrected chi connectivity index (χ3v) is 5.06. The molecule has 2 heterocycles. The second-order valence-corrected chi connectivity index (χ2v) is 7.20. The molecule has 1 fully saturated rings. The Morgan fingerprint density at radius 2 is 1.69 bits per heavy atom. The Kier molecular flexibility index (Phi) is 6.05. The van der Waals surface area contributed by atoms with Gasteiger partial charge in [0.15, 0.2) is 0 Å². The maximum absolute atomic E-state index is 12.5. The van der Waals surface area contributed by atoms with Gasteiger partial charge in [-0.05, 0) is 61.2 Å². The van der Waals surface area contributed by atoms with Gasteiger partial charge < -0.3 is 15.0 Å². The first kappa shape index (κ1) is 19.0. The van der Waals surface area contributed by atoms with Crippen molar-refractivity contribution in [3.63, 3.8) is 0 Å². The number of benzene rings is 2. The van der Waals surface area contributed by atoms with Gasteiger partial charge in [0.1, 0.15) is 18.1 Å². The van der Waals surface area contributed by atoms with Gasteiger partial charge in [0.25, 0.3) is 5.91 Å². The van der Waals surface area contributed by atoms with Crippen molar-refractivity contribution < 1.29 is 9.53 Å². The predicted molar refractivity (Wildman–Crippen MR) is 115 cm³/mol. The second-order valence-electron chi connectivity index (χ2n) is 7.20. The molecule has 0 bridgehead atoms. The first-order valence-electron chi connectivity index (χ1n) is 10.1. The van der Waals surface area contributed by atoms with Gasteiger partial charge in [0.2, 0.25) is 0 Å². The molecule has 1 N–H and O–H groups in total. The first-order valence-corrected chi connectivity index (χ1v) is 10.1. The zero-order valence-electron chi connectivity index (χ0n) is 16.4. The molecule has 0 aliphatic carbocycles. The highest BCUT2D eigenvalue weighted by Gasteiger charge is 2.13. The number of carbonyl (C=O) groups is 1. The zero-order chi connectivity index (χ0) is 19.9. The van der Waals surface area contributed by atoms with Crippen LogP contribution in [0, 0.1) is 0 Å². The number of carbonyl (C=O) groups excluding carboxylic acids is 1. The van der Waals surface area contributed by atoms with E-state index in [1.165, 1.54) is 19.3 Å². The van der Waals surface area contributed by atoms with Crippen LogP contribution in [0.25, 0.3) is 0 Å². The molecule has 1 aliphatic rings. The molecule has 1 aromatic heterocycles. The van der Waals surface area contributed by atoms with Crippen LogP contribution in [0.5, 0.6) is 5.75 Å². The van der Waals surface area contributed by atoms with Gasteiger partial charge in [-0.2, -0.15) is 0 Å². The quantitative estimate of drug-likeness (QED) is 0.653. The average molecular weight is 387 g/mol. The minimum atomic E-state index is -0.215. The van der Waals surface area contributed by atoms with Gasteiger partial charge in [0.05, 0.1) is 11.9 Å². The molecule has 0 saturated carbocycles. The minimum absolute atomic E-state index is 0.215. The first-order chi connectivity index (χ1) is 14.3. The van der Waals surface area contributed by atoms with Crippen LogP contribution in [0.2, 0.25) is 0 Å². The van der Waals surface area contributed by atoms with Gasteiger partial charge in [0, 0.05) is 18.8 Å². The Balaban J connectivity index is 1.32. The lowest BCUT2D eigenvalue weighted by molar-refractivity contribution is 0.102. The number of nitrogens with zero attached hydrogens (tertiary/aromatic N) is 2. The number of nitrogens with one attached hydrogen (secondary N) is 1. The van der Waals surface area contributed by atoms with E-state index >= 15 is 0 Å². The summed E-state index contributed by atoms with van der Waals surface area (Å²) in [5.74, 6) is 0.545. The van der Waals surface area contributed by atoms with Crippen LogP contribution in [0.3, 0.4) is 0 Å². The molecule has 1 amide bonds. The number of amides is 1. The normalized spacial score (nSPS) is 13.7. The lowest BCUT2D eigenvalue weighted by Gasteiger charge is -2.28. The van der Waals surface area contributed by atoms with Crippen molar-refractivity contribution in [3.05, 3.63) is 84.2 Å². The van der Waals surface area contributed by atoms with Gasteiger partial charge >= 0.3 is 0 Å². The van der Waals surface area contributed by atoms with E-state index in [4.69, 9.17) is 4.74 Å². The summed E-state index contributed by atoms with van der Waals surface area (Å²) in [5, 5.41) is 2.89. The molecule has 148 valence electrons. The van der Waals surface area contributed by atoms with Crippen LogP contribution < -0.4 is 15.0 Å². The van der Waals surface area contributed by atoms with E-state index in [0.717, 1.165) is 30.1 Å². The highest BCUT2D eigenvalue weighted by molar-refractivity contribution is 6.02. The number of rotatable bonds is 6. The van der Waals surface area contributed by atoms with Gasteiger partial charge in [-0.1, -0.05) is 30.3 Å². The summed E-state index contributed by atoms with van der Waals surface area (Å²) >= 11 is 0. The highest BCUT2D eigenvalue weighted by Crippen LogP contribution is 2.20. The minimum Gasteiger partial charge on any atom is -0.489 e. The van der Waals surface area contributed by atoms with Crippen LogP contribution in [0.1, 0.15) is 35.3 Å². The molecule has 0 unspecified atom stereocenters. The molecule has 0 spiro atoms. The molecular weight excluding hydrogens is 362 g/mol. The Morgan fingerprint density at radius 1 is 0.931 bits per heavy atom. The van der Waals surface area contributed by atoms with Crippen LogP contribution in [-0.2, 0) is 6.61 Å². The van der Waals surface area contributed by atoms with Crippen molar-refractivity contribution in [1.29, 1.82) is 0 Å². The summed E-state index contributed by atoms with van der Waals surface area (Å²) in [6.45, 7) is 2.64. The maximum atomic E-state index is 12.5. The van der Waals surface area contributed by atoms with E-state index in [-0.39, 0.29) is 5.91 Å². The van der Waals surface area contributed by atoms with Crippen LogP contribution in [0.4, 0.5) is 11.4 Å². The molecule has 0 atom stereocenters. The zero-order valence-corrected chi connectivity index (χ0v) is 16.4. The fraction of sp³-hybridized carbons (Fsp3) is 0.250. The summed E-state index contributed by atoms with van der Waals surface area (Å²) in [7, 11) is 0. The summed E-state index contributed by atoms with van der Waals surface area (Å²) < 4.78 is 5.78. The lowest BCUT2D eigenvalue weighted by atomic mass is 10.1. The van der Waals surface area contributed by atoms with Crippen molar-refractivity contribution >= 4 is 17.3 Å². The SMILES string of the molecule is O=C(Nc1ccc(OCc2ccccc2)cc1)c1ccc(N2CCCCC2)cn1. The summed E-state index contributed by atoms with van der Waals surface area (Å²) in [5.41, 5.74) is 3.32. The van der Waals surface area contributed by atoms with Crippen LogP contribution >= 0.6 is 0 Å². The summed E-state index contributed by atoms with van der Waals surface area (Å²) in [4.78, 5) is 19.2. The monoisotopic (exact) mass is 387 g/mol. The highest BCUT2D eigenvalue weighted by atomic mass is 16.5. The Morgan fingerprint density at radius 3 is 2.38 bits per heavy atom. The summed E-state index contributed by atoms with van der Waals surface area (Å²) in [6.07, 6.45) is 5.52. The number of ether oxygens (including phenoxy) is 1. The molecular formula is C24H25N3O2. The molecule has 29 heavy (non-hydrogen) atoms. The number of aromatic nitrogens is 1. The number of piperidine rings is 1. The Bertz CT molecular complexity index is 919. The van der Waals surface area contributed by atoms with Crippen LogP contribution in [-0.4, -0.2) is 24.0 Å². The van der Waals surface area contributed by atoms with E-state index in [9.17, 15) is 4.79 Å². The molecule has 4 rings (SSSR count). The molecule has 3 aromatic rings. The fourth-order valence-electron chi connectivity index (χ4n) is 3.43. The summed E-state index contributed by atoms with van der Waals surface area (Å²) in [6, 6.07) is 21.2. The van der Waals surface area contributed by atoms with Gasteiger partial charge in [-0.15, -0.1) is 0 Å². The van der Waals surface area contributed by atoms with Crippen LogP contribution in [0.15, 0.2) is 72.9 Å². The molecule has 5 nitrogen and oxygen atoms in total. The third kappa shape index (κ3) is 5.13. The van der Waals surface area contributed by atoms with E-state index in [2.05, 4.69) is 15.2 Å². The number of anilines is 2. The number of pyridine rings is 1. The number of hydrogen-bond acceptors (Lipinski definition) is 4. The fourth-order valence-corrected chi connectivity index (χ4v) is 3.43. The average Bonchev–Trinajstić information content (AvgIpc) is 2.80. The Hall–Kier alpha value is -3.34. The predicted octanol–water partition coefficient (Wildman–Crippen LogP) is 4.90. The van der Waals surface area contributed by atoms with E-state index < -0.39 is 0 Å².